The first-order chi connectivity index (χ1) is 23.8. The van der Waals surface area contributed by atoms with Crippen LogP contribution in [0.15, 0.2) is 114 Å². The maximum absolute atomic E-state index is 14.9. The van der Waals surface area contributed by atoms with E-state index in [1.807, 2.05) is 54.6 Å². The highest BCUT2D eigenvalue weighted by molar-refractivity contribution is 7.89. The van der Waals surface area contributed by atoms with Gasteiger partial charge in [-0.2, -0.15) is 9.10 Å². The zero-order chi connectivity index (χ0) is 34.4. The van der Waals surface area contributed by atoms with Crippen LogP contribution in [-0.2, 0) is 29.7 Å². The molecule has 0 saturated heterocycles. The number of anilines is 1. The van der Waals surface area contributed by atoms with E-state index in [2.05, 4.69) is 20.4 Å². The molecule has 0 aliphatic heterocycles. The second kappa shape index (κ2) is 14.5. The van der Waals surface area contributed by atoms with Crippen LogP contribution in [0.5, 0.6) is 17.2 Å². The highest BCUT2D eigenvalue weighted by Gasteiger charge is 2.31. The van der Waals surface area contributed by atoms with Crippen LogP contribution < -0.4 is 19.9 Å². The number of pyridine rings is 1. The molecule has 2 heterocycles. The number of aromatic nitrogens is 5. The average Bonchev–Trinajstić information content (AvgIpc) is 3.60. The molecule has 0 radical (unpaired) electrons. The first-order valence-corrected chi connectivity index (χ1v) is 16.7. The molecule has 2 N–H and O–H groups in total. The molecule has 0 fully saturated rings. The Morgan fingerprint density at radius 2 is 1.27 bits per heavy atom. The van der Waals surface area contributed by atoms with E-state index in [1.54, 1.807) is 76.1 Å². The summed E-state index contributed by atoms with van der Waals surface area (Å²) in [6, 6.07) is 30.6. The summed E-state index contributed by atoms with van der Waals surface area (Å²) in [5.74, 6) is 2.55. The minimum atomic E-state index is -4.21. The number of nitrogens with zero attached hydrogens (tertiary/aromatic N) is 6. The van der Waals surface area contributed by atoms with E-state index in [-0.39, 0.29) is 23.8 Å². The quantitative estimate of drug-likeness (QED) is 0.167. The lowest BCUT2D eigenvalue weighted by Crippen LogP contribution is -2.31. The minimum absolute atomic E-state index is 0.0212. The van der Waals surface area contributed by atoms with Gasteiger partial charge < -0.3 is 19.9 Å². The largest absolute Gasteiger partial charge is 0.497 e. The molecule has 250 valence electrons. The maximum Gasteiger partial charge on any atom is 0.244 e. The Morgan fingerprint density at radius 3 is 1.78 bits per heavy atom. The number of methoxy groups -OCH3 is 3. The molecule has 0 aliphatic carbocycles. The van der Waals surface area contributed by atoms with Gasteiger partial charge in [-0.1, -0.05) is 48.5 Å². The molecule has 6 rings (SSSR count). The molecule has 49 heavy (non-hydrogen) atoms. The van der Waals surface area contributed by atoms with Crippen LogP contribution in [0, 0.1) is 0 Å². The van der Waals surface area contributed by atoms with Gasteiger partial charge in [0.15, 0.2) is 0 Å². The molecule has 6 aromatic rings. The summed E-state index contributed by atoms with van der Waals surface area (Å²) in [5, 5.41) is 13.3. The fourth-order valence-corrected chi connectivity index (χ4v) is 6.95. The van der Waals surface area contributed by atoms with Crippen molar-refractivity contribution in [1.82, 2.24) is 29.5 Å². The van der Waals surface area contributed by atoms with Gasteiger partial charge >= 0.3 is 0 Å². The summed E-state index contributed by atoms with van der Waals surface area (Å²) in [6.07, 6.45) is 1.60. The van der Waals surface area contributed by atoms with Crippen molar-refractivity contribution < 1.29 is 22.6 Å². The van der Waals surface area contributed by atoms with Gasteiger partial charge in [-0.25, -0.2) is 13.4 Å². The van der Waals surface area contributed by atoms with E-state index in [1.165, 1.54) is 9.10 Å². The summed E-state index contributed by atoms with van der Waals surface area (Å²) in [7, 11) is 0.568. The lowest BCUT2D eigenvalue weighted by molar-refractivity contribution is 0.398. The third-order valence-corrected chi connectivity index (χ3v) is 9.77. The second-order valence-electron chi connectivity index (χ2n) is 11.1. The van der Waals surface area contributed by atoms with E-state index < -0.39 is 10.0 Å². The van der Waals surface area contributed by atoms with Gasteiger partial charge in [-0.15, -0.1) is 10.2 Å². The zero-order valence-electron chi connectivity index (χ0n) is 27.2. The molecule has 0 spiro atoms. The van der Waals surface area contributed by atoms with E-state index in [0.29, 0.717) is 40.6 Å². The van der Waals surface area contributed by atoms with Crippen molar-refractivity contribution in [1.29, 1.82) is 0 Å². The lowest BCUT2D eigenvalue weighted by Gasteiger charge is -2.24. The maximum atomic E-state index is 14.9. The van der Waals surface area contributed by atoms with Crippen LogP contribution >= 0.6 is 0 Å². The van der Waals surface area contributed by atoms with E-state index in [4.69, 9.17) is 19.9 Å². The number of ether oxygens (including phenoxy) is 3. The van der Waals surface area contributed by atoms with Gasteiger partial charge in [-0.3, -0.25) is 0 Å². The number of nitrogen functional groups attached to an aromatic ring is 1. The van der Waals surface area contributed by atoms with Crippen LogP contribution in [-0.4, -0.2) is 59.2 Å². The van der Waals surface area contributed by atoms with E-state index >= 15 is 0 Å². The Balaban J connectivity index is 1.46. The van der Waals surface area contributed by atoms with Gasteiger partial charge in [0.2, 0.25) is 15.8 Å². The highest BCUT2D eigenvalue weighted by atomic mass is 32.2. The molecule has 12 nitrogen and oxygen atoms in total. The van der Waals surface area contributed by atoms with E-state index in [9.17, 15) is 8.42 Å². The number of hydrogen-bond acceptors (Lipinski definition) is 10. The SMILES string of the molecule is COc1ccc(CN(Cc2ccc(OC)cc2)S(=O)(=O)c2cccc(-c3ccc(N)nc3)c2-c2nnn(Cc3ccc(OC)cc3)n2)cc1. The van der Waals surface area contributed by atoms with Crippen molar-refractivity contribution in [3.63, 3.8) is 0 Å². The van der Waals surface area contributed by atoms with E-state index in [0.717, 1.165) is 22.4 Å². The van der Waals surface area contributed by atoms with Gasteiger partial charge in [0.05, 0.1) is 38.3 Å². The highest BCUT2D eigenvalue weighted by Crippen LogP contribution is 2.37. The fourth-order valence-electron chi connectivity index (χ4n) is 5.32. The monoisotopic (exact) mass is 677 g/mol. The molecule has 0 unspecified atom stereocenters. The number of tetrazole rings is 1. The van der Waals surface area contributed by atoms with Crippen molar-refractivity contribution >= 4 is 15.8 Å². The second-order valence-corrected chi connectivity index (χ2v) is 13.0. The molecular formula is C36H35N7O5S. The van der Waals surface area contributed by atoms with Gasteiger partial charge in [0, 0.05) is 24.8 Å². The minimum Gasteiger partial charge on any atom is -0.497 e. The van der Waals surface area contributed by atoms with Crippen LogP contribution in [0.25, 0.3) is 22.5 Å². The Labute approximate surface area is 284 Å². The lowest BCUT2D eigenvalue weighted by atomic mass is 10.0. The Hall–Kier alpha value is -5.79. The average molecular weight is 678 g/mol. The molecule has 4 aromatic carbocycles. The standard InChI is InChI=1S/C36H35N7O5S/c1-46-29-14-7-25(8-15-29)22-42(23-26-9-16-30(47-2)17-10-26)49(44,45)33-6-4-5-32(28-13-20-34(37)38-21-28)35(33)36-39-41-43(40-36)24-27-11-18-31(48-3)19-12-27/h4-21H,22-24H2,1-3H3,(H2,37,38). The van der Waals surface area contributed by atoms with Crippen LogP contribution in [0.3, 0.4) is 0 Å². The summed E-state index contributed by atoms with van der Waals surface area (Å²) in [5.41, 5.74) is 9.87. The Kier molecular flexibility index (Phi) is 9.83. The number of hydrogen-bond donors (Lipinski definition) is 1. The summed E-state index contributed by atoms with van der Waals surface area (Å²) < 4.78 is 47.2. The predicted molar refractivity (Wildman–Crippen MR) is 185 cm³/mol. The topological polar surface area (TPSA) is 148 Å². The van der Waals surface area contributed by atoms with Crippen LogP contribution in [0.1, 0.15) is 16.7 Å². The van der Waals surface area contributed by atoms with Crippen molar-refractivity contribution in [2.75, 3.05) is 27.1 Å². The number of nitrogens with two attached hydrogens (primary N) is 1. The normalized spacial score (nSPS) is 11.4. The predicted octanol–water partition coefficient (Wildman–Crippen LogP) is 5.45. The third kappa shape index (κ3) is 7.53. The zero-order valence-corrected chi connectivity index (χ0v) is 28.0. The summed E-state index contributed by atoms with van der Waals surface area (Å²) in [6.45, 7) is 0.484. The number of benzene rings is 4. The molecule has 13 heteroatoms. The molecule has 0 saturated carbocycles. The summed E-state index contributed by atoms with van der Waals surface area (Å²) >= 11 is 0. The van der Waals surface area contributed by atoms with Crippen LogP contribution in [0.2, 0.25) is 0 Å². The Bertz CT molecular complexity index is 2070. The van der Waals surface area contributed by atoms with Gasteiger partial charge in [-0.05, 0) is 82.1 Å². The molecule has 0 aliphatic rings. The van der Waals surface area contributed by atoms with Crippen molar-refractivity contribution in [2.45, 2.75) is 24.5 Å². The molecule has 0 amide bonds. The molecular weight excluding hydrogens is 643 g/mol. The number of sulfonamides is 1. The van der Waals surface area contributed by atoms with Gasteiger partial charge in [0.25, 0.3) is 0 Å². The van der Waals surface area contributed by atoms with Gasteiger partial charge in [0.1, 0.15) is 23.1 Å². The first kappa shape index (κ1) is 33.1. The molecule has 0 bridgehead atoms. The van der Waals surface area contributed by atoms with Crippen molar-refractivity contribution in [2.24, 2.45) is 0 Å². The Morgan fingerprint density at radius 1 is 0.714 bits per heavy atom. The first-order valence-electron chi connectivity index (χ1n) is 15.3. The molecule has 0 atom stereocenters. The number of rotatable bonds is 13. The smallest absolute Gasteiger partial charge is 0.244 e. The van der Waals surface area contributed by atoms with Crippen molar-refractivity contribution in [3.8, 4) is 39.8 Å². The third-order valence-electron chi connectivity index (χ3n) is 7.94. The summed E-state index contributed by atoms with van der Waals surface area (Å²) in [4.78, 5) is 5.71. The fraction of sp³-hybridized carbons (Fsp3) is 0.167. The van der Waals surface area contributed by atoms with Crippen molar-refractivity contribution in [3.05, 3.63) is 126 Å². The molecule has 2 aromatic heterocycles. The van der Waals surface area contributed by atoms with Crippen LogP contribution in [0.4, 0.5) is 5.82 Å².